The van der Waals surface area contributed by atoms with Crippen LogP contribution in [0.4, 0.5) is 0 Å². The third kappa shape index (κ3) is 5.33. The highest BCUT2D eigenvalue weighted by Gasteiger charge is 2.15. The third-order valence-corrected chi connectivity index (χ3v) is 5.59. The van der Waals surface area contributed by atoms with Crippen molar-refractivity contribution in [1.29, 1.82) is 0 Å². The summed E-state index contributed by atoms with van der Waals surface area (Å²) >= 11 is 1.57. The van der Waals surface area contributed by atoms with Gasteiger partial charge in [0.1, 0.15) is 5.75 Å². The Labute approximate surface area is 190 Å². The second kappa shape index (κ2) is 10.6. The largest absolute Gasteiger partial charge is 0.493 e. The Morgan fingerprint density at radius 1 is 1.03 bits per heavy atom. The van der Waals surface area contributed by atoms with E-state index in [0.717, 1.165) is 22.1 Å². The van der Waals surface area contributed by atoms with Crippen LogP contribution in [0.25, 0.3) is 11.4 Å². The molecule has 2 aromatic carbocycles. The number of rotatable bonds is 9. The molecule has 0 atom stereocenters. The first-order chi connectivity index (χ1) is 15.7. The number of pyridine rings is 1. The van der Waals surface area contributed by atoms with Crippen LogP contribution in [0.5, 0.6) is 5.75 Å². The molecule has 0 aliphatic rings. The van der Waals surface area contributed by atoms with E-state index in [9.17, 15) is 4.79 Å². The molecule has 0 radical (unpaired) electrons. The highest BCUT2D eigenvalue weighted by atomic mass is 32.2. The van der Waals surface area contributed by atoms with E-state index in [-0.39, 0.29) is 5.97 Å². The van der Waals surface area contributed by atoms with E-state index in [4.69, 9.17) is 9.47 Å². The zero-order chi connectivity index (χ0) is 22.2. The first-order valence-electron chi connectivity index (χ1n) is 10.1. The summed E-state index contributed by atoms with van der Waals surface area (Å²) in [5, 5.41) is 9.64. The van der Waals surface area contributed by atoms with Gasteiger partial charge in [-0.25, -0.2) is 4.79 Å². The molecule has 7 nitrogen and oxygen atoms in total. The zero-order valence-electron chi connectivity index (χ0n) is 17.5. The van der Waals surface area contributed by atoms with Gasteiger partial charge in [0.2, 0.25) is 0 Å². The van der Waals surface area contributed by atoms with Crippen LogP contribution >= 0.6 is 11.8 Å². The van der Waals surface area contributed by atoms with Gasteiger partial charge in [0.15, 0.2) is 11.0 Å². The maximum absolute atomic E-state index is 11.7. The Kier molecular flexibility index (Phi) is 7.14. The van der Waals surface area contributed by atoms with E-state index >= 15 is 0 Å². The van der Waals surface area contributed by atoms with Crippen LogP contribution in [0.2, 0.25) is 0 Å². The normalized spacial score (nSPS) is 10.7. The smallest absolute Gasteiger partial charge is 0.337 e. The number of carbonyl (C=O) groups is 1. The first kappa shape index (κ1) is 21.6. The summed E-state index contributed by atoms with van der Waals surface area (Å²) in [5.74, 6) is 1.68. The molecule has 0 aliphatic carbocycles. The van der Waals surface area contributed by atoms with Crippen molar-refractivity contribution in [3.8, 4) is 17.1 Å². The zero-order valence-corrected chi connectivity index (χ0v) is 18.4. The molecule has 162 valence electrons. The van der Waals surface area contributed by atoms with Gasteiger partial charge in [-0.1, -0.05) is 48.2 Å². The number of esters is 1. The summed E-state index contributed by atoms with van der Waals surface area (Å²) in [4.78, 5) is 15.9. The summed E-state index contributed by atoms with van der Waals surface area (Å²) in [6, 6.07) is 21.0. The molecule has 4 rings (SSSR count). The molecule has 0 spiro atoms. The molecule has 0 N–H and O–H groups in total. The molecule has 0 saturated heterocycles. The molecule has 0 amide bonds. The van der Waals surface area contributed by atoms with E-state index in [1.54, 1.807) is 42.4 Å². The Morgan fingerprint density at radius 3 is 2.69 bits per heavy atom. The third-order valence-electron chi connectivity index (χ3n) is 4.66. The van der Waals surface area contributed by atoms with Crippen molar-refractivity contribution in [2.45, 2.75) is 11.7 Å². The molecule has 2 aromatic heterocycles. The maximum atomic E-state index is 11.7. The van der Waals surface area contributed by atoms with E-state index in [1.807, 2.05) is 36.4 Å². The van der Waals surface area contributed by atoms with Gasteiger partial charge in [0.25, 0.3) is 0 Å². The average molecular weight is 447 g/mol. The number of thioether (sulfide) groups is 1. The molecule has 2 heterocycles. The number of hydrogen-bond donors (Lipinski definition) is 0. The van der Waals surface area contributed by atoms with Crippen LogP contribution in [0, 0.1) is 0 Å². The second-order valence-corrected chi connectivity index (χ2v) is 7.90. The highest BCUT2D eigenvalue weighted by Crippen LogP contribution is 2.25. The second-order valence-electron chi connectivity index (χ2n) is 6.84. The number of carbonyl (C=O) groups excluding carboxylic acids is 1. The van der Waals surface area contributed by atoms with Gasteiger partial charge in [-0.2, -0.15) is 0 Å². The van der Waals surface area contributed by atoms with Crippen LogP contribution in [-0.4, -0.2) is 45.2 Å². The molecule has 8 heteroatoms. The fourth-order valence-electron chi connectivity index (χ4n) is 3.14. The van der Waals surface area contributed by atoms with Gasteiger partial charge in [-0.3, -0.25) is 9.55 Å². The van der Waals surface area contributed by atoms with Crippen molar-refractivity contribution >= 4 is 17.7 Å². The molecular weight excluding hydrogens is 424 g/mol. The van der Waals surface area contributed by atoms with Gasteiger partial charge in [-0.05, 0) is 35.9 Å². The van der Waals surface area contributed by atoms with Crippen LogP contribution in [0.3, 0.4) is 0 Å². The van der Waals surface area contributed by atoms with Gasteiger partial charge < -0.3 is 9.47 Å². The lowest BCUT2D eigenvalue weighted by Gasteiger charge is -2.11. The molecule has 0 unspecified atom stereocenters. The Balaban J connectivity index is 1.45. The number of methoxy groups -OCH3 is 1. The monoisotopic (exact) mass is 446 g/mol. The summed E-state index contributed by atoms with van der Waals surface area (Å²) in [7, 11) is 1.36. The molecule has 4 aromatic rings. The van der Waals surface area contributed by atoms with Gasteiger partial charge in [0, 0.05) is 23.7 Å². The molecule has 0 saturated carbocycles. The van der Waals surface area contributed by atoms with E-state index in [1.165, 1.54) is 7.11 Å². The molecule has 0 fully saturated rings. The minimum Gasteiger partial charge on any atom is -0.493 e. The Morgan fingerprint density at radius 2 is 1.91 bits per heavy atom. The predicted octanol–water partition coefficient (Wildman–Crippen LogP) is 4.35. The van der Waals surface area contributed by atoms with Crippen molar-refractivity contribution < 1.29 is 14.3 Å². The number of ether oxygens (including phenoxy) is 2. The van der Waals surface area contributed by atoms with Crippen molar-refractivity contribution in [3.05, 3.63) is 90.3 Å². The predicted molar refractivity (Wildman–Crippen MR) is 123 cm³/mol. The molecule has 32 heavy (non-hydrogen) atoms. The fourth-order valence-corrected chi connectivity index (χ4v) is 3.89. The SMILES string of the molecule is COC(=O)c1cccc(OCCSc2nnc(-c3cccnc3)n2Cc2ccccc2)c1. The minimum atomic E-state index is -0.387. The summed E-state index contributed by atoms with van der Waals surface area (Å²) < 4.78 is 12.7. The lowest BCUT2D eigenvalue weighted by molar-refractivity contribution is 0.0600. The van der Waals surface area contributed by atoms with E-state index in [0.29, 0.717) is 30.2 Å². The average Bonchev–Trinajstić information content (AvgIpc) is 3.25. The maximum Gasteiger partial charge on any atom is 0.337 e. The van der Waals surface area contributed by atoms with Gasteiger partial charge in [0.05, 0.1) is 25.8 Å². The van der Waals surface area contributed by atoms with Gasteiger partial charge in [-0.15, -0.1) is 10.2 Å². The summed E-state index contributed by atoms with van der Waals surface area (Å²) in [6.45, 7) is 1.11. The lowest BCUT2D eigenvalue weighted by Crippen LogP contribution is -2.06. The van der Waals surface area contributed by atoms with Crippen molar-refractivity contribution in [1.82, 2.24) is 19.7 Å². The topological polar surface area (TPSA) is 79.1 Å². The van der Waals surface area contributed by atoms with E-state index < -0.39 is 0 Å². The standard InChI is InChI=1S/C24H22N4O3S/c1-30-23(29)19-9-5-11-21(15-19)31-13-14-32-24-27-26-22(20-10-6-12-25-16-20)28(24)17-18-7-3-2-4-8-18/h2-12,15-16H,13-14,17H2,1H3. The number of aromatic nitrogens is 4. The molecule has 0 bridgehead atoms. The highest BCUT2D eigenvalue weighted by molar-refractivity contribution is 7.99. The quantitative estimate of drug-likeness (QED) is 0.215. The van der Waals surface area contributed by atoms with Crippen LogP contribution < -0.4 is 4.74 Å². The molecular formula is C24H22N4O3S. The fraction of sp³-hybridized carbons (Fsp3) is 0.167. The first-order valence-corrected chi connectivity index (χ1v) is 11.0. The van der Waals surface area contributed by atoms with E-state index in [2.05, 4.69) is 31.9 Å². The van der Waals surface area contributed by atoms with Crippen LogP contribution in [0.15, 0.2) is 84.3 Å². The number of nitrogens with zero attached hydrogens (tertiary/aromatic N) is 4. The van der Waals surface area contributed by atoms with Crippen molar-refractivity contribution in [2.75, 3.05) is 19.5 Å². The Hall–Kier alpha value is -3.65. The van der Waals surface area contributed by atoms with Crippen molar-refractivity contribution in [2.24, 2.45) is 0 Å². The molecule has 0 aliphatic heterocycles. The van der Waals surface area contributed by atoms with Crippen LogP contribution in [0.1, 0.15) is 15.9 Å². The number of benzene rings is 2. The minimum absolute atomic E-state index is 0.387. The van der Waals surface area contributed by atoms with Crippen LogP contribution in [-0.2, 0) is 11.3 Å². The summed E-state index contributed by atoms with van der Waals surface area (Å²) in [6.07, 6.45) is 3.53. The Bertz CT molecular complexity index is 1170. The lowest BCUT2D eigenvalue weighted by atomic mass is 10.2. The number of hydrogen-bond acceptors (Lipinski definition) is 7. The van der Waals surface area contributed by atoms with Gasteiger partial charge >= 0.3 is 5.97 Å². The summed E-state index contributed by atoms with van der Waals surface area (Å²) in [5.41, 5.74) is 2.54. The van der Waals surface area contributed by atoms with Crippen molar-refractivity contribution in [3.63, 3.8) is 0 Å².